The third-order valence-corrected chi connectivity index (χ3v) is 2.38. The van der Waals surface area contributed by atoms with Crippen LogP contribution in [0.1, 0.15) is 40.5 Å². The molecule has 3 N–H and O–H groups in total. The van der Waals surface area contributed by atoms with Crippen LogP contribution < -0.4 is 11.3 Å². The lowest BCUT2D eigenvalue weighted by atomic mass is 9.96. The molecule has 0 aliphatic heterocycles. The summed E-state index contributed by atoms with van der Waals surface area (Å²) in [6.07, 6.45) is 1.96. The Morgan fingerprint density at radius 3 is 2.47 bits per heavy atom. The highest BCUT2D eigenvalue weighted by Gasteiger charge is 2.23. The van der Waals surface area contributed by atoms with Gasteiger partial charge in [0.1, 0.15) is 0 Å². The van der Waals surface area contributed by atoms with Gasteiger partial charge >= 0.3 is 0 Å². The van der Waals surface area contributed by atoms with E-state index in [2.05, 4.69) is 31.1 Å². The molecule has 2 unspecified atom stereocenters. The minimum absolute atomic E-state index is 0.165. The van der Waals surface area contributed by atoms with Gasteiger partial charge in [0.05, 0.1) is 6.10 Å². The number of hydrogen-bond donors (Lipinski definition) is 2. The molecule has 0 bridgehead atoms. The molecular formula is C12H24N2O. The van der Waals surface area contributed by atoms with E-state index in [1.54, 1.807) is 0 Å². The van der Waals surface area contributed by atoms with Crippen LogP contribution >= 0.6 is 0 Å². The van der Waals surface area contributed by atoms with Gasteiger partial charge in [0, 0.05) is 19.1 Å². The minimum atomic E-state index is 0.165. The van der Waals surface area contributed by atoms with E-state index in [1.807, 2.05) is 13.8 Å². The van der Waals surface area contributed by atoms with E-state index in [-0.39, 0.29) is 12.1 Å². The molecule has 88 valence electrons. The standard InChI is InChI=1S/C12H24N2O/c1-5-7-8-9-11(14-13)12(10(3)4)15-6-2/h10-12,14H,6,8-9,13H2,1-4H3. The molecule has 0 aromatic carbocycles. The van der Waals surface area contributed by atoms with E-state index in [0.717, 1.165) is 19.4 Å². The summed E-state index contributed by atoms with van der Waals surface area (Å²) in [6.45, 7) is 8.88. The van der Waals surface area contributed by atoms with Gasteiger partial charge < -0.3 is 4.74 Å². The summed E-state index contributed by atoms with van der Waals surface area (Å²) in [5.74, 6) is 11.9. The number of rotatable bonds is 7. The van der Waals surface area contributed by atoms with Gasteiger partial charge in [-0.1, -0.05) is 13.8 Å². The van der Waals surface area contributed by atoms with Crippen molar-refractivity contribution in [1.82, 2.24) is 5.43 Å². The van der Waals surface area contributed by atoms with Gasteiger partial charge in [-0.25, -0.2) is 0 Å². The van der Waals surface area contributed by atoms with Crippen molar-refractivity contribution in [3.63, 3.8) is 0 Å². The Kier molecular flexibility index (Phi) is 8.40. The summed E-state index contributed by atoms with van der Waals surface area (Å²) in [5, 5.41) is 0. The highest BCUT2D eigenvalue weighted by Crippen LogP contribution is 2.14. The number of hydrazine groups is 1. The zero-order chi connectivity index (χ0) is 11.7. The molecule has 0 fully saturated rings. The van der Waals surface area contributed by atoms with Gasteiger partial charge in [-0.05, 0) is 26.2 Å². The number of nitrogens with one attached hydrogen (secondary N) is 1. The molecule has 0 saturated carbocycles. The molecule has 0 aromatic rings. The molecule has 2 atom stereocenters. The Labute approximate surface area is 93.7 Å². The van der Waals surface area contributed by atoms with E-state index >= 15 is 0 Å². The van der Waals surface area contributed by atoms with Gasteiger partial charge in [0.15, 0.2) is 0 Å². The topological polar surface area (TPSA) is 47.3 Å². The van der Waals surface area contributed by atoms with Crippen molar-refractivity contribution in [3.8, 4) is 11.8 Å². The van der Waals surface area contributed by atoms with Crippen LogP contribution in [0.5, 0.6) is 0 Å². The molecule has 0 amide bonds. The lowest BCUT2D eigenvalue weighted by molar-refractivity contribution is 0.00180. The van der Waals surface area contributed by atoms with Crippen LogP contribution in [0.4, 0.5) is 0 Å². The summed E-state index contributed by atoms with van der Waals surface area (Å²) in [4.78, 5) is 0. The van der Waals surface area contributed by atoms with Crippen LogP contribution in [0.2, 0.25) is 0 Å². The summed E-state index contributed by atoms with van der Waals surface area (Å²) < 4.78 is 5.70. The van der Waals surface area contributed by atoms with Crippen molar-refractivity contribution in [3.05, 3.63) is 0 Å². The quantitative estimate of drug-likeness (QED) is 0.383. The number of ether oxygens (including phenoxy) is 1. The average Bonchev–Trinajstić information content (AvgIpc) is 2.22. The highest BCUT2D eigenvalue weighted by molar-refractivity contribution is 4.96. The Bertz CT molecular complexity index is 205. The summed E-state index contributed by atoms with van der Waals surface area (Å²) in [5.41, 5.74) is 2.83. The fourth-order valence-electron chi connectivity index (χ4n) is 1.66. The number of nitrogens with two attached hydrogens (primary N) is 1. The van der Waals surface area contributed by atoms with Gasteiger partial charge in [0.2, 0.25) is 0 Å². The molecule has 0 aromatic heterocycles. The SMILES string of the molecule is CC#CCCC(NN)C(OCC)C(C)C. The predicted molar refractivity (Wildman–Crippen MR) is 64.0 cm³/mol. The van der Waals surface area contributed by atoms with Crippen LogP contribution in [0.3, 0.4) is 0 Å². The van der Waals surface area contributed by atoms with Gasteiger partial charge in [-0.15, -0.1) is 11.8 Å². The summed E-state index contributed by atoms with van der Waals surface area (Å²) in [7, 11) is 0. The maximum atomic E-state index is 5.70. The van der Waals surface area contributed by atoms with Gasteiger partial charge in [0.25, 0.3) is 0 Å². The molecule has 0 rings (SSSR count). The van der Waals surface area contributed by atoms with Crippen LogP contribution in [0.25, 0.3) is 0 Å². The monoisotopic (exact) mass is 212 g/mol. The van der Waals surface area contributed by atoms with E-state index in [0.29, 0.717) is 5.92 Å². The molecule has 3 heteroatoms. The maximum Gasteiger partial charge on any atom is 0.0764 e. The zero-order valence-electron chi connectivity index (χ0n) is 10.3. The summed E-state index contributed by atoms with van der Waals surface area (Å²) >= 11 is 0. The van der Waals surface area contributed by atoms with E-state index < -0.39 is 0 Å². The van der Waals surface area contributed by atoms with Crippen LogP contribution in [-0.2, 0) is 4.74 Å². The third kappa shape index (κ3) is 5.78. The molecule has 15 heavy (non-hydrogen) atoms. The fourth-order valence-corrected chi connectivity index (χ4v) is 1.66. The number of hydrogen-bond acceptors (Lipinski definition) is 3. The zero-order valence-corrected chi connectivity index (χ0v) is 10.3. The van der Waals surface area contributed by atoms with Crippen molar-refractivity contribution in [2.45, 2.75) is 52.7 Å². The average molecular weight is 212 g/mol. The smallest absolute Gasteiger partial charge is 0.0764 e. The first-order valence-electron chi connectivity index (χ1n) is 5.64. The molecule has 0 aliphatic carbocycles. The van der Waals surface area contributed by atoms with Gasteiger partial charge in [-0.3, -0.25) is 11.3 Å². The molecule has 0 aliphatic rings. The molecule has 3 nitrogen and oxygen atoms in total. The molecule has 0 radical (unpaired) electrons. The Morgan fingerprint density at radius 2 is 2.07 bits per heavy atom. The van der Waals surface area contributed by atoms with Crippen LogP contribution in [0, 0.1) is 17.8 Å². The lowest BCUT2D eigenvalue weighted by Gasteiger charge is -2.29. The highest BCUT2D eigenvalue weighted by atomic mass is 16.5. The van der Waals surface area contributed by atoms with Crippen LogP contribution in [0.15, 0.2) is 0 Å². The van der Waals surface area contributed by atoms with Crippen LogP contribution in [-0.4, -0.2) is 18.8 Å². The fraction of sp³-hybridized carbons (Fsp3) is 0.833. The second-order valence-corrected chi connectivity index (χ2v) is 3.90. The van der Waals surface area contributed by atoms with Crippen molar-refractivity contribution >= 4 is 0 Å². The molecule has 0 saturated heterocycles. The minimum Gasteiger partial charge on any atom is -0.377 e. The Balaban J connectivity index is 4.22. The lowest BCUT2D eigenvalue weighted by Crippen LogP contribution is -2.47. The van der Waals surface area contributed by atoms with E-state index in [1.165, 1.54) is 0 Å². The van der Waals surface area contributed by atoms with E-state index in [9.17, 15) is 0 Å². The summed E-state index contributed by atoms with van der Waals surface area (Å²) in [6, 6.07) is 0.186. The first-order chi connectivity index (χ1) is 7.17. The first kappa shape index (κ1) is 14.4. The Hall–Kier alpha value is -0.560. The largest absolute Gasteiger partial charge is 0.377 e. The van der Waals surface area contributed by atoms with Crippen molar-refractivity contribution < 1.29 is 4.74 Å². The van der Waals surface area contributed by atoms with E-state index in [4.69, 9.17) is 10.6 Å². The second kappa shape index (κ2) is 8.72. The predicted octanol–water partition coefficient (Wildman–Crippen LogP) is 1.68. The first-order valence-corrected chi connectivity index (χ1v) is 5.64. The van der Waals surface area contributed by atoms with Crippen molar-refractivity contribution in [2.24, 2.45) is 11.8 Å². The molecule has 0 heterocycles. The molecular weight excluding hydrogens is 188 g/mol. The second-order valence-electron chi connectivity index (χ2n) is 3.90. The third-order valence-electron chi connectivity index (χ3n) is 2.38. The molecule has 0 spiro atoms. The van der Waals surface area contributed by atoms with Crippen molar-refractivity contribution in [1.29, 1.82) is 0 Å². The van der Waals surface area contributed by atoms with Gasteiger partial charge in [-0.2, -0.15) is 0 Å². The Morgan fingerprint density at radius 1 is 1.40 bits per heavy atom. The normalized spacial score (nSPS) is 14.5. The maximum absolute atomic E-state index is 5.70. The van der Waals surface area contributed by atoms with Crippen molar-refractivity contribution in [2.75, 3.05) is 6.61 Å².